The Bertz CT molecular complexity index is 2980. The van der Waals surface area contributed by atoms with Gasteiger partial charge in [0.2, 0.25) is 17.2 Å². The largest absolute Gasteiger partial charge is 1.00 e. The van der Waals surface area contributed by atoms with Crippen molar-refractivity contribution < 1.29 is 159 Å². The molecule has 320 valence electrons. The van der Waals surface area contributed by atoms with Crippen LogP contribution >= 0.6 is 23.6 Å². The normalized spacial score (nSPS) is 11.9. The molecule has 0 radical (unpaired) electrons. The number of nitrogens with zero attached hydrogens (tertiary/aromatic N) is 5. The molecule has 0 aliphatic heterocycles. The maximum absolute atomic E-state index is 12.8. The third-order valence-electron chi connectivity index (χ3n) is 7.20. The standard InChI is InChI=1S/C28H25ClN10O16S5.3Na/c29-25-35-27(32-15-2-1-3-18(10-15)57(42,43)7-6-52-60(50,51)53-31)37-28(36-25)33-16-4-5-20(21(11-16)34-26(30)40)38-39-22-13-19-14(9-24(22)59(47,48)49)8-17(56-55-54-41)12-23(19)58(44,45)46;;;/h1-5,8-13,41H,6-7,31H2,(H3,30,34,40)(H,44,45,46)(H,47,48,49)(H2,32,33,35,36,37);;;/q;3*+1/p-3. The first kappa shape index (κ1) is 56.9. The molecule has 0 unspecified atom stereocenters. The van der Waals surface area contributed by atoms with Gasteiger partial charge in [0.05, 0.1) is 44.8 Å². The van der Waals surface area contributed by atoms with Crippen LogP contribution in [0.3, 0.4) is 0 Å². The van der Waals surface area contributed by atoms with Gasteiger partial charge in [0, 0.05) is 21.7 Å². The topological polar surface area (TPSA) is 411 Å². The smallest absolute Gasteiger partial charge is 0.744 e. The summed E-state index contributed by atoms with van der Waals surface area (Å²) in [4.78, 5) is 21.6. The predicted octanol–water partition coefficient (Wildman–Crippen LogP) is -6.95. The monoisotopic (exact) mass is 1020 g/mol. The van der Waals surface area contributed by atoms with Gasteiger partial charge >= 0.3 is 105 Å². The number of hydrogen-bond donors (Lipinski definition) is 5. The summed E-state index contributed by atoms with van der Waals surface area (Å²) >= 11 is 6.29. The van der Waals surface area contributed by atoms with E-state index in [1.807, 2.05) is 0 Å². The number of carbonyl (C=O) groups is 1. The van der Waals surface area contributed by atoms with Gasteiger partial charge in [-0.15, -0.1) is 10.2 Å². The van der Waals surface area contributed by atoms with E-state index in [1.54, 1.807) is 0 Å². The zero-order valence-corrected chi connectivity index (χ0v) is 42.9. The Morgan fingerprint density at radius 1 is 0.794 bits per heavy atom. The summed E-state index contributed by atoms with van der Waals surface area (Å²) in [5.74, 6) is 3.38. The minimum atomic E-state index is -5.36. The first-order valence-corrected chi connectivity index (χ1v) is 22.3. The molecule has 0 aliphatic carbocycles. The molecule has 63 heavy (non-hydrogen) atoms. The number of rotatable bonds is 18. The average Bonchev–Trinajstić information content (AvgIpc) is 3.15. The molecule has 0 spiro atoms. The van der Waals surface area contributed by atoms with E-state index < -0.39 is 79.7 Å². The number of primary amides is 1. The van der Waals surface area contributed by atoms with Crippen LogP contribution in [-0.2, 0) is 58.3 Å². The molecule has 5 aromatic rings. The molecule has 1 heterocycles. The maximum Gasteiger partial charge on any atom is 1.00 e. The van der Waals surface area contributed by atoms with E-state index in [0.29, 0.717) is 6.07 Å². The Morgan fingerprint density at radius 3 is 2.00 bits per heavy atom. The third-order valence-corrected chi connectivity index (χ3v) is 12.0. The third kappa shape index (κ3) is 16.2. The Hall–Kier alpha value is -2.26. The first-order valence-electron chi connectivity index (χ1n) is 15.4. The van der Waals surface area contributed by atoms with Gasteiger partial charge in [-0.2, -0.15) is 37.9 Å². The molecule has 2 amide bonds. The predicted molar refractivity (Wildman–Crippen MR) is 202 cm³/mol. The molecule has 4 aromatic carbocycles. The molecule has 5 rings (SSSR count). The van der Waals surface area contributed by atoms with Crippen LogP contribution in [0.15, 0.2) is 96.5 Å². The molecule has 0 fully saturated rings. The van der Waals surface area contributed by atoms with Crippen LogP contribution in [0.25, 0.3) is 10.8 Å². The number of anilines is 5. The number of aromatic nitrogens is 3. The van der Waals surface area contributed by atoms with Gasteiger partial charge in [-0.1, -0.05) is 6.07 Å². The molecule has 0 saturated heterocycles. The fourth-order valence-electron chi connectivity index (χ4n) is 4.83. The van der Waals surface area contributed by atoms with Crippen LogP contribution in [-0.4, -0.2) is 76.1 Å². The van der Waals surface area contributed by atoms with Crippen molar-refractivity contribution >= 4 is 121 Å². The SMILES string of the molecule is NOS(=O)(=O)OCCS(=O)(=O)c1cccc(Nc2nc(Cl)nc(Nc3ccc(N=Nc4cc5c(S(=O)(=O)[O-])cc(SOO[O-])cc5cc4S(=O)(=O)[O-])c(NC(N)=O)c3)n2)c1.[Na+].[Na+].[Na+]. The summed E-state index contributed by atoms with van der Waals surface area (Å²) in [5.41, 5.74) is 4.48. The molecule has 0 atom stereocenters. The fraction of sp³-hybridized carbons (Fsp3) is 0.0714. The summed E-state index contributed by atoms with van der Waals surface area (Å²) < 4.78 is 133. The van der Waals surface area contributed by atoms with Crippen LogP contribution < -0.4 is 122 Å². The number of benzene rings is 4. The van der Waals surface area contributed by atoms with Crippen molar-refractivity contribution in [3.05, 3.63) is 72.0 Å². The Kier molecular flexibility index (Phi) is 21.6. The number of carbonyl (C=O) groups excluding carboxylic acids is 1. The van der Waals surface area contributed by atoms with Gasteiger partial charge in [0.1, 0.15) is 31.6 Å². The van der Waals surface area contributed by atoms with E-state index in [9.17, 15) is 52.8 Å². The van der Waals surface area contributed by atoms with Crippen molar-refractivity contribution in [2.24, 2.45) is 21.9 Å². The quantitative estimate of drug-likeness (QED) is 0.0136. The average molecular weight is 1020 g/mol. The molecule has 0 bridgehead atoms. The van der Waals surface area contributed by atoms with Crippen LogP contribution in [0.5, 0.6) is 0 Å². The Balaban J connectivity index is 0.00000455. The van der Waals surface area contributed by atoms with Gasteiger partial charge in [-0.25, -0.2) is 34.2 Å². The molecule has 7 N–H and O–H groups in total. The van der Waals surface area contributed by atoms with Crippen LogP contribution in [0.2, 0.25) is 5.28 Å². The number of halogens is 1. The van der Waals surface area contributed by atoms with Gasteiger partial charge in [0.15, 0.2) is 9.84 Å². The number of fused-ring (bicyclic) bond motifs is 1. The van der Waals surface area contributed by atoms with E-state index in [-0.39, 0.29) is 156 Å². The van der Waals surface area contributed by atoms with Gasteiger partial charge in [-0.3, -0.25) is 5.04 Å². The summed E-state index contributed by atoms with van der Waals surface area (Å²) in [6.45, 7) is -0.798. The van der Waals surface area contributed by atoms with Crippen molar-refractivity contribution in [1.29, 1.82) is 0 Å². The van der Waals surface area contributed by atoms with Crippen molar-refractivity contribution in [1.82, 2.24) is 15.0 Å². The molecule has 0 saturated carbocycles. The number of nitrogens with two attached hydrogens (primary N) is 2. The van der Waals surface area contributed by atoms with Crippen molar-refractivity contribution in [2.75, 3.05) is 28.3 Å². The summed E-state index contributed by atoms with van der Waals surface area (Å²) in [5, 5.41) is 27.9. The van der Waals surface area contributed by atoms with Crippen molar-refractivity contribution in [3.63, 3.8) is 0 Å². The zero-order valence-electron chi connectivity index (χ0n) is 32.1. The van der Waals surface area contributed by atoms with Crippen LogP contribution in [0.1, 0.15) is 0 Å². The second kappa shape index (κ2) is 24.0. The minimum absolute atomic E-state index is 0. The van der Waals surface area contributed by atoms with Gasteiger partial charge in [-0.05, 0) is 77.7 Å². The van der Waals surface area contributed by atoms with E-state index in [2.05, 4.69) is 64.9 Å². The zero-order chi connectivity index (χ0) is 44.0. The van der Waals surface area contributed by atoms with Gasteiger partial charge < -0.3 is 36.0 Å². The Morgan fingerprint density at radius 2 is 1.41 bits per heavy atom. The number of urea groups is 1. The fourth-order valence-corrected chi connectivity index (χ4v) is 8.43. The second-order valence-electron chi connectivity index (χ2n) is 11.2. The van der Waals surface area contributed by atoms with Crippen molar-refractivity contribution in [3.8, 4) is 0 Å². The summed E-state index contributed by atoms with van der Waals surface area (Å²) in [6.07, 6.45) is 0. The molecule has 26 nitrogen and oxygen atoms in total. The second-order valence-corrected chi connectivity index (χ2v) is 18.3. The molecule has 35 heteroatoms. The number of hydrogen-bond acceptors (Lipinski definition) is 25. The number of azo groups is 1. The van der Waals surface area contributed by atoms with E-state index in [4.69, 9.17) is 17.3 Å². The van der Waals surface area contributed by atoms with E-state index in [0.717, 1.165) is 18.2 Å². The van der Waals surface area contributed by atoms with E-state index in [1.165, 1.54) is 42.5 Å². The molecular formula is C28H22ClN10Na3O16S5. The van der Waals surface area contributed by atoms with Crippen molar-refractivity contribution in [2.45, 2.75) is 19.6 Å². The number of amides is 2. The molecule has 1 aromatic heterocycles. The number of nitrogens with one attached hydrogen (secondary N) is 3. The van der Waals surface area contributed by atoms with Gasteiger partial charge in [0.25, 0.3) is 0 Å². The van der Waals surface area contributed by atoms with Crippen LogP contribution in [0, 0.1) is 0 Å². The summed E-state index contributed by atoms with van der Waals surface area (Å²) in [7, 11) is -19.3. The number of sulfone groups is 1. The maximum atomic E-state index is 12.8. The minimum Gasteiger partial charge on any atom is -0.744 e. The summed E-state index contributed by atoms with van der Waals surface area (Å²) in [6, 6.07) is 11.3. The van der Waals surface area contributed by atoms with Crippen LogP contribution in [0.4, 0.5) is 45.1 Å². The van der Waals surface area contributed by atoms with E-state index >= 15 is 0 Å². The molecule has 0 aliphatic rings. The Labute approximate surface area is 432 Å². The first-order chi connectivity index (χ1) is 28.1. The molecular weight excluding hydrogens is 997 g/mol.